The van der Waals surface area contributed by atoms with Gasteiger partial charge in [-0.1, -0.05) is 6.07 Å². The zero-order chi connectivity index (χ0) is 16.2. The Labute approximate surface area is 133 Å². The van der Waals surface area contributed by atoms with Crippen LogP contribution in [0.3, 0.4) is 0 Å². The largest absolute Gasteiger partial charge is 0.439 e. The quantitative estimate of drug-likeness (QED) is 0.693. The minimum absolute atomic E-state index is 0.188. The van der Waals surface area contributed by atoms with E-state index in [1.807, 2.05) is 32.0 Å². The van der Waals surface area contributed by atoms with E-state index in [2.05, 4.69) is 9.97 Å². The normalized spacial score (nSPS) is 10.4. The second kappa shape index (κ2) is 6.44. The number of benzene rings is 2. The van der Waals surface area contributed by atoms with Crippen LogP contribution >= 0.6 is 0 Å². The maximum atomic E-state index is 12.9. The van der Waals surface area contributed by atoms with Gasteiger partial charge in [0.15, 0.2) is 0 Å². The molecule has 0 bridgehead atoms. The number of nitrogens with zero attached hydrogens (tertiary/aromatic N) is 2. The van der Waals surface area contributed by atoms with Crippen LogP contribution in [0.1, 0.15) is 11.1 Å². The Morgan fingerprint density at radius 1 is 0.826 bits per heavy atom. The summed E-state index contributed by atoms with van der Waals surface area (Å²) >= 11 is 0. The molecule has 4 nitrogen and oxygen atoms in total. The van der Waals surface area contributed by atoms with Crippen molar-refractivity contribution in [3.05, 3.63) is 71.7 Å². The molecule has 0 saturated carbocycles. The van der Waals surface area contributed by atoms with Gasteiger partial charge in [0.05, 0.1) is 0 Å². The third-order valence-corrected chi connectivity index (χ3v) is 3.33. The van der Waals surface area contributed by atoms with Crippen LogP contribution in [0.5, 0.6) is 23.4 Å². The van der Waals surface area contributed by atoms with Gasteiger partial charge in [0.1, 0.15) is 17.3 Å². The average Bonchev–Trinajstić information content (AvgIpc) is 2.54. The third-order valence-electron chi connectivity index (χ3n) is 3.33. The lowest BCUT2D eigenvalue weighted by molar-refractivity contribution is 0.411. The zero-order valence-electron chi connectivity index (χ0n) is 12.8. The minimum Gasteiger partial charge on any atom is -0.439 e. The average molecular weight is 310 g/mol. The van der Waals surface area contributed by atoms with Crippen molar-refractivity contribution >= 4 is 0 Å². The van der Waals surface area contributed by atoms with Crippen molar-refractivity contribution in [3.63, 3.8) is 0 Å². The standard InChI is InChI=1S/C18H15FN2O2/c1-12-3-6-16(11-13(12)2)23-18-20-10-9-17(21-18)22-15-7-4-14(19)5-8-15/h3-11H,1-2H3. The maximum Gasteiger partial charge on any atom is 0.325 e. The summed E-state index contributed by atoms with van der Waals surface area (Å²) in [7, 11) is 0. The van der Waals surface area contributed by atoms with Crippen molar-refractivity contribution < 1.29 is 13.9 Å². The summed E-state index contributed by atoms with van der Waals surface area (Å²) in [6, 6.07) is 13.3. The van der Waals surface area contributed by atoms with E-state index in [9.17, 15) is 4.39 Å². The van der Waals surface area contributed by atoms with Gasteiger partial charge in [0, 0.05) is 12.3 Å². The lowest BCUT2D eigenvalue weighted by Gasteiger charge is -2.08. The molecule has 1 aromatic heterocycles. The fraction of sp³-hybridized carbons (Fsp3) is 0.111. The molecule has 0 atom stereocenters. The highest BCUT2D eigenvalue weighted by Crippen LogP contribution is 2.24. The number of halogens is 1. The van der Waals surface area contributed by atoms with Crippen LogP contribution in [0.25, 0.3) is 0 Å². The van der Waals surface area contributed by atoms with Crippen LogP contribution in [0.4, 0.5) is 4.39 Å². The van der Waals surface area contributed by atoms with Gasteiger partial charge in [0.25, 0.3) is 0 Å². The molecular formula is C18H15FN2O2. The van der Waals surface area contributed by atoms with Crippen LogP contribution < -0.4 is 9.47 Å². The predicted molar refractivity (Wildman–Crippen MR) is 84.5 cm³/mol. The highest BCUT2D eigenvalue weighted by molar-refractivity contribution is 5.35. The number of aromatic nitrogens is 2. The SMILES string of the molecule is Cc1ccc(Oc2nccc(Oc3ccc(F)cc3)n2)cc1C. The zero-order valence-corrected chi connectivity index (χ0v) is 12.8. The fourth-order valence-corrected chi connectivity index (χ4v) is 1.94. The third kappa shape index (κ3) is 3.83. The van der Waals surface area contributed by atoms with Crippen LogP contribution in [0.15, 0.2) is 54.7 Å². The van der Waals surface area contributed by atoms with Crippen molar-refractivity contribution in [2.24, 2.45) is 0 Å². The second-order valence-corrected chi connectivity index (χ2v) is 5.08. The van der Waals surface area contributed by atoms with Gasteiger partial charge in [-0.2, -0.15) is 4.98 Å². The van der Waals surface area contributed by atoms with Gasteiger partial charge >= 0.3 is 6.01 Å². The number of hydrogen-bond acceptors (Lipinski definition) is 4. The molecule has 0 saturated heterocycles. The molecule has 0 fully saturated rings. The fourth-order valence-electron chi connectivity index (χ4n) is 1.94. The van der Waals surface area contributed by atoms with Crippen molar-refractivity contribution in [2.45, 2.75) is 13.8 Å². The summed E-state index contributed by atoms with van der Waals surface area (Å²) in [5.74, 6) is 1.15. The molecule has 1 heterocycles. The minimum atomic E-state index is -0.321. The predicted octanol–water partition coefficient (Wildman–Crippen LogP) is 4.82. The molecule has 0 N–H and O–H groups in total. The molecule has 0 amide bonds. The maximum absolute atomic E-state index is 12.9. The molecule has 3 aromatic rings. The molecule has 0 unspecified atom stereocenters. The Hall–Kier alpha value is -2.95. The molecule has 0 aliphatic heterocycles. The molecule has 0 aliphatic carbocycles. The summed E-state index contributed by atoms with van der Waals surface area (Å²) in [5.41, 5.74) is 2.31. The first-order valence-electron chi connectivity index (χ1n) is 7.12. The lowest BCUT2D eigenvalue weighted by atomic mass is 10.1. The second-order valence-electron chi connectivity index (χ2n) is 5.08. The molecule has 0 radical (unpaired) electrons. The molecule has 0 spiro atoms. The monoisotopic (exact) mass is 310 g/mol. The van der Waals surface area contributed by atoms with Crippen LogP contribution in [0.2, 0.25) is 0 Å². The van der Waals surface area contributed by atoms with E-state index in [-0.39, 0.29) is 11.8 Å². The lowest BCUT2D eigenvalue weighted by Crippen LogP contribution is -1.95. The summed E-state index contributed by atoms with van der Waals surface area (Å²) < 4.78 is 24.1. The molecular weight excluding hydrogens is 295 g/mol. The summed E-state index contributed by atoms with van der Waals surface area (Å²) in [5, 5.41) is 0. The van der Waals surface area contributed by atoms with Gasteiger partial charge in [-0.25, -0.2) is 9.37 Å². The van der Waals surface area contributed by atoms with Crippen LogP contribution in [0, 0.1) is 19.7 Å². The van der Waals surface area contributed by atoms with Crippen molar-refractivity contribution in [1.82, 2.24) is 9.97 Å². The molecule has 2 aromatic carbocycles. The molecule has 23 heavy (non-hydrogen) atoms. The van der Waals surface area contributed by atoms with E-state index in [1.54, 1.807) is 12.3 Å². The number of rotatable bonds is 4. The van der Waals surface area contributed by atoms with Crippen molar-refractivity contribution in [2.75, 3.05) is 0 Å². The van der Waals surface area contributed by atoms with Crippen LogP contribution in [-0.2, 0) is 0 Å². The van der Waals surface area contributed by atoms with Crippen molar-refractivity contribution in [1.29, 1.82) is 0 Å². The first-order chi connectivity index (χ1) is 11.1. The molecule has 3 rings (SSSR count). The molecule has 116 valence electrons. The Balaban J connectivity index is 1.76. The highest BCUT2D eigenvalue weighted by atomic mass is 19.1. The van der Waals surface area contributed by atoms with Gasteiger partial charge in [0.2, 0.25) is 5.88 Å². The van der Waals surface area contributed by atoms with E-state index in [0.717, 1.165) is 5.56 Å². The van der Waals surface area contributed by atoms with Gasteiger partial charge in [-0.05, 0) is 61.4 Å². The Morgan fingerprint density at radius 2 is 1.57 bits per heavy atom. The molecule has 0 aliphatic rings. The first-order valence-corrected chi connectivity index (χ1v) is 7.12. The van der Waals surface area contributed by atoms with Crippen LogP contribution in [-0.4, -0.2) is 9.97 Å². The van der Waals surface area contributed by atoms with Crippen molar-refractivity contribution in [3.8, 4) is 23.4 Å². The molecule has 5 heteroatoms. The van der Waals surface area contributed by atoms with Gasteiger partial charge in [-0.15, -0.1) is 0 Å². The first kappa shape index (κ1) is 15.0. The Bertz CT molecular complexity index is 820. The topological polar surface area (TPSA) is 44.2 Å². The summed E-state index contributed by atoms with van der Waals surface area (Å²) in [4.78, 5) is 8.26. The Kier molecular flexibility index (Phi) is 4.19. The highest BCUT2D eigenvalue weighted by Gasteiger charge is 2.05. The van der Waals surface area contributed by atoms with E-state index in [0.29, 0.717) is 17.4 Å². The Morgan fingerprint density at radius 3 is 2.30 bits per heavy atom. The van der Waals surface area contributed by atoms with Gasteiger partial charge in [-0.3, -0.25) is 0 Å². The summed E-state index contributed by atoms with van der Waals surface area (Å²) in [6.07, 6.45) is 1.54. The van der Waals surface area contributed by atoms with Gasteiger partial charge < -0.3 is 9.47 Å². The number of aryl methyl sites for hydroxylation is 2. The number of ether oxygens (including phenoxy) is 2. The smallest absolute Gasteiger partial charge is 0.325 e. The van der Waals surface area contributed by atoms with E-state index >= 15 is 0 Å². The van der Waals surface area contributed by atoms with E-state index in [1.165, 1.54) is 29.8 Å². The van der Waals surface area contributed by atoms with E-state index < -0.39 is 0 Å². The number of hydrogen-bond donors (Lipinski definition) is 0. The summed E-state index contributed by atoms with van der Waals surface area (Å²) in [6.45, 7) is 4.05. The van der Waals surface area contributed by atoms with E-state index in [4.69, 9.17) is 9.47 Å².